The average molecular weight is 226 g/mol. The lowest BCUT2D eigenvalue weighted by atomic mass is 10.3. The molecule has 0 bridgehead atoms. The van der Waals surface area contributed by atoms with Crippen LogP contribution in [-0.2, 0) is 15.9 Å². The third kappa shape index (κ3) is 2.65. The van der Waals surface area contributed by atoms with Crippen LogP contribution >= 0.6 is 11.3 Å². The van der Waals surface area contributed by atoms with E-state index in [1.54, 1.807) is 11.3 Å². The van der Waals surface area contributed by atoms with Gasteiger partial charge in [0.05, 0.1) is 18.1 Å². The summed E-state index contributed by atoms with van der Waals surface area (Å²) >= 11 is 1.56. The summed E-state index contributed by atoms with van der Waals surface area (Å²) in [6.45, 7) is 3.51. The van der Waals surface area contributed by atoms with Gasteiger partial charge in [0.15, 0.2) is 5.78 Å². The fourth-order valence-electron chi connectivity index (χ4n) is 1.29. The van der Waals surface area contributed by atoms with Crippen molar-refractivity contribution in [2.45, 2.75) is 19.4 Å². The van der Waals surface area contributed by atoms with Crippen LogP contribution in [0.3, 0.4) is 0 Å². The zero-order valence-electron chi connectivity index (χ0n) is 8.69. The van der Waals surface area contributed by atoms with Crippen LogP contribution in [-0.4, -0.2) is 31.7 Å². The minimum atomic E-state index is 0.0756. The first-order chi connectivity index (χ1) is 7.29. The van der Waals surface area contributed by atoms with E-state index in [0.717, 1.165) is 11.3 Å². The van der Waals surface area contributed by atoms with Crippen LogP contribution in [0.5, 0.6) is 0 Å². The van der Waals surface area contributed by atoms with Crippen molar-refractivity contribution >= 4 is 17.1 Å². The number of thiophene rings is 1. The van der Waals surface area contributed by atoms with Gasteiger partial charge in [0.2, 0.25) is 0 Å². The number of ketones is 1. The molecule has 1 saturated heterocycles. The van der Waals surface area contributed by atoms with Gasteiger partial charge in [-0.25, -0.2) is 0 Å². The molecule has 0 aromatic carbocycles. The number of rotatable bonds is 5. The summed E-state index contributed by atoms with van der Waals surface area (Å²) in [5.74, 6) is 0.0756. The number of aryl methyl sites for hydroxylation is 1. The zero-order chi connectivity index (χ0) is 10.7. The molecule has 0 N–H and O–H groups in total. The summed E-state index contributed by atoms with van der Waals surface area (Å²) in [6, 6.07) is 3.89. The number of hydrogen-bond donors (Lipinski definition) is 0. The number of Topliss-reactive ketones (excluding diaryl/α,β-unsaturated/α-hetero) is 1. The molecule has 2 heterocycles. The Morgan fingerprint density at radius 2 is 2.40 bits per heavy atom. The van der Waals surface area contributed by atoms with E-state index in [4.69, 9.17) is 9.47 Å². The summed E-state index contributed by atoms with van der Waals surface area (Å²) in [5.41, 5.74) is 0. The van der Waals surface area contributed by atoms with Gasteiger partial charge < -0.3 is 9.47 Å². The third-order valence-electron chi connectivity index (χ3n) is 2.34. The molecule has 0 spiro atoms. The molecule has 0 saturated carbocycles. The van der Waals surface area contributed by atoms with Crippen LogP contribution in [0.25, 0.3) is 0 Å². The first-order valence-corrected chi connectivity index (χ1v) is 5.92. The van der Waals surface area contributed by atoms with Crippen LogP contribution in [0.1, 0.15) is 21.5 Å². The molecule has 3 nitrogen and oxygen atoms in total. The van der Waals surface area contributed by atoms with E-state index in [1.165, 1.54) is 4.88 Å². The van der Waals surface area contributed by atoms with Crippen LogP contribution in [0.2, 0.25) is 0 Å². The predicted octanol–water partition coefficient (Wildman–Crippen LogP) is 1.91. The van der Waals surface area contributed by atoms with E-state index in [2.05, 4.69) is 6.92 Å². The molecule has 0 radical (unpaired) electrons. The highest BCUT2D eigenvalue weighted by molar-refractivity contribution is 7.14. The third-order valence-corrected chi connectivity index (χ3v) is 3.61. The summed E-state index contributed by atoms with van der Waals surface area (Å²) in [5, 5.41) is 0. The summed E-state index contributed by atoms with van der Waals surface area (Å²) in [7, 11) is 0. The molecule has 1 aliphatic heterocycles. The summed E-state index contributed by atoms with van der Waals surface area (Å²) in [4.78, 5) is 13.7. The second kappa shape index (κ2) is 4.88. The molecule has 0 aliphatic carbocycles. The number of hydrogen-bond acceptors (Lipinski definition) is 4. The SMILES string of the molecule is CCc1ccc(C(=O)COC2COC2)s1. The van der Waals surface area contributed by atoms with Crippen LogP contribution < -0.4 is 0 Å². The molecular weight excluding hydrogens is 212 g/mol. The Hall–Kier alpha value is -0.710. The van der Waals surface area contributed by atoms with Gasteiger partial charge >= 0.3 is 0 Å². The molecule has 1 aromatic heterocycles. The van der Waals surface area contributed by atoms with Crippen molar-refractivity contribution in [2.24, 2.45) is 0 Å². The van der Waals surface area contributed by atoms with Crippen LogP contribution in [0.15, 0.2) is 12.1 Å². The van der Waals surface area contributed by atoms with E-state index in [1.807, 2.05) is 12.1 Å². The van der Waals surface area contributed by atoms with Gasteiger partial charge in [0, 0.05) is 4.88 Å². The standard InChI is InChI=1S/C11H14O3S/c1-2-9-3-4-11(15-9)10(12)7-14-8-5-13-6-8/h3-4,8H,2,5-7H2,1H3. The molecule has 2 rings (SSSR count). The smallest absolute Gasteiger partial charge is 0.198 e. The minimum Gasteiger partial charge on any atom is -0.376 e. The first kappa shape index (κ1) is 10.8. The molecule has 15 heavy (non-hydrogen) atoms. The molecule has 1 aliphatic rings. The Labute approximate surface area is 93.0 Å². The Morgan fingerprint density at radius 3 is 2.93 bits per heavy atom. The lowest BCUT2D eigenvalue weighted by molar-refractivity contribution is -0.123. The van der Waals surface area contributed by atoms with E-state index in [0.29, 0.717) is 13.2 Å². The minimum absolute atomic E-state index is 0.0756. The van der Waals surface area contributed by atoms with E-state index in [-0.39, 0.29) is 18.5 Å². The molecule has 1 fully saturated rings. The lowest BCUT2D eigenvalue weighted by Gasteiger charge is -2.25. The predicted molar refractivity (Wildman–Crippen MR) is 58.6 cm³/mol. The van der Waals surface area contributed by atoms with Gasteiger partial charge in [-0.05, 0) is 18.6 Å². The number of carbonyl (C=O) groups excluding carboxylic acids is 1. The fraction of sp³-hybridized carbons (Fsp3) is 0.545. The van der Waals surface area contributed by atoms with Gasteiger partial charge in [0.1, 0.15) is 12.7 Å². The van der Waals surface area contributed by atoms with Gasteiger partial charge in [-0.2, -0.15) is 0 Å². The number of carbonyl (C=O) groups is 1. The molecule has 0 unspecified atom stereocenters. The van der Waals surface area contributed by atoms with Gasteiger partial charge in [-0.15, -0.1) is 11.3 Å². The van der Waals surface area contributed by atoms with Gasteiger partial charge in [-0.3, -0.25) is 4.79 Å². The molecular formula is C11H14O3S. The highest BCUT2D eigenvalue weighted by atomic mass is 32.1. The molecule has 0 amide bonds. The van der Waals surface area contributed by atoms with E-state index >= 15 is 0 Å². The quantitative estimate of drug-likeness (QED) is 0.719. The normalized spacial score (nSPS) is 16.3. The Morgan fingerprint density at radius 1 is 1.60 bits per heavy atom. The summed E-state index contributed by atoms with van der Waals surface area (Å²) < 4.78 is 10.3. The fourth-order valence-corrected chi connectivity index (χ4v) is 2.16. The second-order valence-corrected chi connectivity index (χ2v) is 4.68. The van der Waals surface area contributed by atoms with Crippen molar-refractivity contribution in [3.8, 4) is 0 Å². The van der Waals surface area contributed by atoms with Crippen molar-refractivity contribution in [1.29, 1.82) is 0 Å². The van der Waals surface area contributed by atoms with Crippen molar-refractivity contribution in [2.75, 3.05) is 19.8 Å². The summed E-state index contributed by atoms with van der Waals surface area (Å²) in [6.07, 6.45) is 1.11. The van der Waals surface area contributed by atoms with Crippen LogP contribution in [0.4, 0.5) is 0 Å². The highest BCUT2D eigenvalue weighted by Gasteiger charge is 2.20. The zero-order valence-corrected chi connectivity index (χ0v) is 9.51. The van der Waals surface area contributed by atoms with Crippen molar-refractivity contribution in [3.05, 3.63) is 21.9 Å². The highest BCUT2D eigenvalue weighted by Crippen LogP contribution is 2.18. The largest absolute Gasteiger partial charge is 0.376 e. The Balaban J connectivity index is 1.83. The topological polar surface area (TPSA) is 35.5 Å². The molecule has 4 heteroatoms. The average Bonchev–Trinajstić information content (AvgIpc) is 2.63. The molecule has 0 atom stereocenters. The van der Waals surface area contributed by atoms with E-state index < -0.39 is 0 Å². The first-order valence-electron chi connectivity index (χ1n) is 5.11. The molecule has 1 aromatic rings. The monoisotopic (exact) mass is 226 g/mol. The second-order valence-electron chi connectivity index (χ2n) is 3.51. The van der Waals surface area contributed by atoms with Gasteiger partial charge in [0.25, 0.3) is 0 Å². The Kier molecular flexibility index (Phi) is 3.51. The Bertz CT molecular complexity index is 341. The lowest BCUT2D eigenvalue weighted by Crippen LogP contribution is -2.37. The van der Waals surface area contributed by atoms with Crippen molar-refractivity contribution in [1.82, 2.24) is 0 Å². The number of ether oxygens (including phenoxy) is 2. The van der Waals surface area contributed by atoms with Crippen molar-refractivity contribution < 1.29 is 14.3 Å². The van der Waals surface area contributed by atoms with Gasteiger partial charge in [-0.1, -0.05) is 6.92 Å². The maximum Gasteiger partial charge on any atom is 0.198 e. The molecule has 82 valence electrons. The van der Waals surface area contributed by atoms with E-state index in [9.17, 15) is 4.79 Å². The van der Waals surface area contributed by atoms with Crippen molar-refractivity contribution in [3.63, 3.8) is 0 Å². The van der Waals surface area contributed by atoms with Crippen LogP contribution in [0, 0.1) is 0 Å². The maximum absolute atomic E-state index is 11.7. The maximum atomic E-state index is 11.7.